The second kappa shape index (κ2) is 9.95. The van der Waals surface area contributed by atoms with Gasteiger partial charge in [0.1, 0.15) is 0 Å². The van der Waals surface area contributed by atoms with Crippen LogP contribution in [0.5, 0.6) is 0 Å². The standard InChI is InChI=1S/Na.H3O6P.2H2O/c;1-5-7(3,4)6-2;;/h;1-2H,(H,3,4);2*1H2/q+1;;;/p-1. The molecule has 0 atom stereocenters. The van der Waals surface area contributed by atoms with Gasteiger partial charge in [0, 0.05) is 0 Å². The fourth-order valence-corrected chi connectivity index (χ4v) is 0.0447. The molecule has 0 aromatic rings. The molecule has 10 heavy (non-hydrogen) atoms. The first-order valence-electron chi connectivity index (χ1n) is 1.10. The van der Waals surface area contributed by atoms with Crippen LogP contribution in [0.1, 0.15) is 0 Å². The number of hydrogen-bond donors (Lipinski definition) is 2. The van der Waals surface area contributed by atoms with Gasteiger partial charge in [0.05, 0.1) is 0 Å². The van der Waals surface area contributed by atoms with Gasteiger partial charge in [-0.05, 0) is 0 Å². The normalized spacial score (nSPS) is 8.30. The average molecular weight is 188 g/mol. The molecule has 0 heterocycles. The summed E-state index contributed by atoms with van der Waals surface area (Å²) in [5.74, 6) is 0. The van der Waals surface area contributed by atoms with E-state index in [1.54, 1.807) is 0 Å². The quantitative estimate of drug-likeness (QED) is 0.190. The third-order valence-corrected chi connectivity index (χ3v) is 0.600. The van der Waals surface area contributed by atoms with Crippen LogP contribution in [0.4, 0.5) is 0 Å². The third kappa shape index (κ3) is 11.7. The van der Waals surface area contributed by atoms with Crippen molar-refractivity contribution in [2.24, 2.45) is 0 Å². The maximum atomic E-state index is 9.45. The van der Waals surface area contributed by atoms with E-state index >= 15 is 0 Å². The number of rotatable bonds is 2. The minimum absolute atomic E-state index is 0. The van der Waals surface area contributed by atoms with E-state index in [4.69, 9.17) is 10.5 Å². The van der Waals surface area contributed by atoms with Crippen molar-refractivity contribution in [1.29, 1.82) is 0 Å². The molecule has 10 heteroatoms. The smallest absolute Gasteiger partial charge is 0.753 e. The Morgan fingerprint density at radius 3 is 1.40 bits per heavy atom. The van der Waals surface area contributed by atoms with Crippen molar-refractivity contribution in [2.75, 3.05) is 0 Å². The molecule has 0 aliphatic rings. The van der Waals surface area contributed by atoms with Crippen molar-refractivity contribution in [3.63, 3.8) is 0 Å². The van der Waals surface area contributed by atoms with Gasteiger partial charge in [0.15, 0.2) is 0 Å². The summed E-state index contributed by atoms with van der Waals surface area (Å²) >= 11 is 0. The van der Waals surface area contributed by atoms with Gasteiger partial charge >= 0.3 is 37.4 Å². The van der Waals surface area contributed by atoms with E-state index in [2.05, 4.69) is 9.35 Å². The Bertz CT molecular complexity index is 81.3. The van der Waals surface area contributed by atoms with Crippen molar-refractivity contribution in [3.8, 4) is 0 Å². The summed E-state index contributed by atoms with van der Waals surface area (Å²) in [5, 5.41) is 14.5. The molecule has 0 radical (unpaired) electrons. The molecule has 0 spiro atoms. The first kappa shape index (κ1) is 22.4. The Kier molecular flexibility index (Phi) is 22.3. The molecule has 0 saturated carbocycles. The fourth-order valence-electron chi connectivity index (χ4n) is 0.0149. The minimum atomic E-state index is -4.79. The van der Waals surface area contributed by atoms with Crippen molar-refractivity contribution in [1.82, 2.24) is 0 Å². The van der Waals surface area contributed by atoms with E-state index in [9.17, 15) is 9.46 Å². The van der Waals surface area contributed by atoms with Gasteiger partial charge in [-0.15, -0.1) is 0 Å². The number of hydrogen-bond acceptors (Lipinski definition) is 6. The van der Waals surface area contributed by atoms with Crippen molar-refractivity contribution < 1.29 is 69.8 Å². The summed E-state index contributed by atoms with van der Waals surface area (Å²) < 4.78 is 14.7. The topological polar surface area (TPSA) is 162 Å². The summed E-state index contributed by atoms with van der Waals surface area (Å²) in [4.78, 5) is 9.45. The molecule has 0 fully saturated rings. The molecule has 0 saturated heterocycles. The fraction of sp³-hybridized carbons (Fsp3) is 0. The average Bonchev–Trinajstić information content (AvgIpc) is 1.68. The van der Waals surface area contributed by atoms with Gasteiger partial charge in [-0.25, -0.2) is 10.5 Å². The SMILES string of the molecule is O.O.O=P([O-])(OO)OO.[Na+]. The first-order chi connectivity index (χ1) is 3.12. The largest absolute Gasteiger partial charge is 1.00 e. The number of phosphoric acid groups is 1. The zero-order valence-electron chi connectivity index (χ0n) is 4.97. The van der Waals surface area contributed by atoms with Crippen LogP contribution in [0.2, 0.25) is 0 Å². The maximum absolute atomic E-state index is 9.45. The van der Waals surface area contributed by atoms with E-state index in [-0.39, 0.29) is 40.5 Å². The third-order valence-electron chi connectivity index (χ3n) is 0.200. The van der Waals surface area contributed by atoms with Crippen LogP contribution in [0.15, 0.2) is 0 Å². The zero-order valence-corrected chi connectivity index (χ0v) is 7.87. The monoisotopic (exact) mass is 188 g/mol. The van der Waals surface area contributed by atoms with Crippen LogP contribution in [-0.4, -0.2) is 21.5 Å². The molecule has 0 unspecified atom stereocenters. The van der Waals surface area contributed by atoms with Gasteiger partial charge in [0.25, 0.3) is 0 Å². The van der Waals surface area contributed by atoms with Gasteiger partial charge in [-0.1, -0.05) is 0 Å². The molecule has 0 amide bonds. The summed E-state index contributed by atoms with van der Waals surface area (Å²) in [7, 11) is -4.79. The van der Waals surface area contributed by atoms with Crippen LogP contribution >= 0.6 is 7.82 Å². The Hall–Kier alpha value is 0.950. The van der Waals surface area contributed by atoms with Crippen LogP contribution < -0.4 is 34.5 Å². The molecule has 0 rings (SSSR count). The molecule has 8 nitrogen and oxygen atoms in total. The molecular weight excluding hydrogens is 182 g/mol. The molecule has 0 aliphatic carbocycles. The maximum Gasteiger partial charge on any atom is 1.00 e. The summed E-state index contributed by atoms with van der Waals surface area (Å²) in [6.07, 6.45) is 0. The molecule has 60 valence electrons. The van der Waals surface area contributed by atoms with Crippen LogP contribution in [0, 0.1) is 0 Å². The van der Waals surface area contributed by atoms with Crippen LogP contribution in [0.25, 0.3) is 0 Å². The van der Waals surface area contributed by atoms with Crippen LogP contribution in [-0.2, 0) is 13.9 Å². The van der Waals surface area contributed by atoms with E-state index in [0.717, 1.165) is 0 Å². The van der Waals surface area contributed by atoms with E-state index in [1.165, 1.54) is 0 Å². The van der Waals surface area contributed by atoms with Crippen LogP contribution in [0.3, 0.4) is 0 Å². The minimum Gasteiger partial charge on any atom is -0.753 e. The van der Waals surface area contributed by atoms with E-state index < -0.39 is 7.82 Å². The molecule has 6 N–H and O–H groups in total. The van der Waals surface area contributed by atoms with Crippen molar-refractivity contribution in [3.05, 3.63) is 0 Å². The van der Waals surface area contributed by atoms with Crippen molar-refractivity contribution >= 4 is 7.82 Å². The predicted molar refractivity (Wildman–Crippen MR) is 22.3 cm³/mol. The predicted octanol–water partition coefficient (Wildman–Crippen LogP) is -5.21. The van der Waals surface area contributed by atoms with Gasteiger partial charge in [0.2, 0.25) is 0 Å². The molecule has 0 bridgehead atoms. The molecule has 0 aliphatic heterocycles. The van der Waals surface area contributed by atoms with Gasteiger partial charge < -0.3 is 15.8 Å². The zero-order chi connectivity index (χ0) is 5.91. The first-order valence-corrected chi connectivity index (χ1v) is 2.56. The Morgan fingerprint density at radius 1 is 1.20 bits per heavy atom. The summed E-state index contributed by atoms with van der Waals surface area (Å²) in [6, 6.07) is 0. The molecule has 0 aromatic heterocycles. The van der Waals surface area contributed by atoms with E-state index in [0.29, 0.717) is 0 Å². The van der Waals surface area contributed by atoms with E-state index in [1.807, 2.05) is 0 Å². The second-order valence-corrected chi connectivity index (χ2v) is 1.83. The molecule has 0 aromatic carbocycles. The molecular formula is H6NaO8P. The summed E-state index contributed by atoms with van der Waals surface area (Å²) in [5.41, 5.74) is 0. The Balaban J connectivity index is -0.0000000600. The Morgan fingerprint density at radius 2 is 1.40 bits per heavy atom. The Labute approximate surface area is 77.8 Å². The second-order valence-electron chi connectivity index (χ2n) is 0.611. The van der Waals surface area contributed by atoms with Gasteiger partial charge in [-0.3, -0.25) is 4.57 Å². The van der Waals surface area contributed by atoms with Crippen molar-refractivity contribution in [2.45, 2.75) is 0 Å². The van der Waals surface area contributed by atoms with Gasteiger partial charge in [-0.2, -0.15) is 9.35 Å². The summed E-state index contributed by atoms with van der Waals surface area (Å²) in [6.45, 7) is 0.